The third-order valence-corrected chi connectivity index (χ3v) is 4.71. The van der Waals surface area contributed by atoms with Gasteiger partial charge in [0.2, 0.25) is 0 Å². The zero-order valence-corrected chi connectivity index (χ0v) is 13.9. The van der Waals surface area contributed by atoms with Gasteiger partial charge >= 0.3 is 5.97 Å². The highest BCUT2D eigenvalue weighted by Crippen LogP contribution is 2.36. The van der Waals surface area contributed by atoms with E-state index < -0.39 is 5.41 Å². The summed E-state index contributed by atoms with van der Waals surface area (Å²) in [7, 11) is 0. The minimum atomic E-state index is -0.549. The maximum atomic E-state index is 13.0. The smallest absolute Gasteiger partial charge is 0.313 e. The van der Waals surface area contributed by atoms with E-state index >= 15 is 0 Å². The maximum absolute atomic E-state index is 13.0. The molecule has 0 aliphatic carbocycles. The standard InChI is InChI=1S/C18H23FN2O3/c1-2-23-17(22)18(8-3-9-20-12-18)11-15-10-16(21-24-15)13-4-6-14(19)7-5-13/h4-7,15,20H,2-3,8-12H2,1H3/t15-,18+/m0/s1. The number of ether oxygens (including phenoxy) is 1. The summed E-state index contributed by atoms with van der Waals surface area (Å²) in [5, 5.41) is 7.44. The number of hydrogen-bond acceptors (Lipinski definition) is 5. The van der Waals surface area contributed by atoms with E-state index in [1.807, 2.05) is 6.92 Å². The Bertz CT molecular complexity index is 609. The Labute approximate surface area is 141 Å². The molecule has 0 amide bonds. The lowest BCUT2D eigenvalue weighted by Crippen LogP contribution is -2.48. The summed E-state index contributed by atoms with van der Waals surface area (Å²) in [5.74, 6) is -0.430. The molecule has 0 spiro atoms. The predicted molar refractivity (Wildman–Crippen MR) is 88.2 cm³/mol. The second kappa shape index (κ2) is 7.30. The van der Waals surface area contributed by atoms with Gasteiger partial charge in [-0.3, -0.25) is 4.79 Å². The topological polar surface area (TPSA) is 59.9 Å². The Morgan fingerprint density at radius 1 is 1.46 bits per heavy atom. The fraction of sp³-hybridized carbons (Fsp3) is 0.556. The molecule has 2 aliphatic heterocycles. The van der Waals surface area contributed by atoms with E-state index in [1.54, 1.807) is 12.1 Å². The Hall–Kier alpha value is -1.95. The Balaban J connectivity index is 1.66. The molecule has 2 aliphatic rings. The van der Waals surface area contributed by atoms with E-state index in [0.29, 0.717) is 26.0 Å². The van der Waals surface area contributed by atoms with Crippen molar-refractivity contribution >= 4 is 11.7 Å². The molecule has 130 valence electrons. The summed E-state index contributed by atoms with van der Waals surface area (Å²) >= 11 is 0. The fourth-order valence-corrected chi connectivity index (χ4v) is 3.47. The van der Waals surface area contributed by atoms with Crippen LogP contribution in [0.2, 0.25) is 0 Å². The molecular weight excluding hydrogens is 311 g/mol. The van der Waals surface area contributed by atoms with Crippen LogP contribution in [0.5, 0.6) is 0 Å². The molecule has 0 unspecified atom stereocenters. The molecule has 6 heteroatoms. The van der Waals surface area contributed by atoms with Crippen LogP contribution in [-0.4, -0.2) is 37.5 Å². The molecule has 2 atom stereocenters. The number of benzene rings is 1. The highest BCUT2D eigenvalue weighted by atomic mass is 19.1. The van der Waals surface area contributed by atoms with E-state index in [0.717, 1.165) is 30.7 Å². The number of halogens is 1. The van der Waals surface area contributed by atoms with Crippen molar-refractivity contribution in [3.05, 3.63) is 35.6 Å². The maximum Gasteiger partial charge on any atom is 0.313 e. The molecule has 0 saturated carbocycles. The Morgan fingerprint density at radius 2 is 2.25 bits per heavy atom. The van der Waals surface area contributed by atoms with Gasteiger partial charge < -0.3 is 14.9 Å². The van der Waals surface area contributed by atoms with Crippen LogP contribution in [0.4, 0.5) is 4.39 Å². The van der Waals surface area contributed by atoms with E-state index in [1.165, 1.54) is 12.1 Å². The van der Waals surface area contributed by atoms with Crippen molar-refractivity contribution < 1.29 is 18.8 Å². The van der Waals surface area contributed by atoms with Crippen LogP contribution < -0.4 is 5.32 Å². The van der Waals surface area contributed by atoms with Gasteiger partial charge in [0.05, 0.1) is 17.7 Å². The van der Waals surface area contributed by atoms with Gasteiger partial charge in [0.15, 0.2) is 0 Å². The monoisotopic (exact) mass is 334 g/mol. The molecule has 2 heterocycles. The van der Waals surface area contributed by atoms with Crippen LogP contribution in [-0.2, 0) is 14.4 Å². The zero-order chi connectivity index (χ0) is 17.0. The molecule has 0 bridgehead atoms. The van der Waals surface area contributed by atoms with E-state index in [4.69, 9.17) is 9.57 Å². The molecule has 0 aromatic heterocycles. The highest BCUT2D eigenvalue weighted by molar-refractivity contribution is 6.01. The predicted octanol–water partition coefficient (Wildman–Crippen LogP) is 2.64. The highest BCUT2D eigenvalue weighted by Gasteiger charge is 2.44. The van der Waals surface area contributed by atoms with E-state index in [9.17, 15) is 9.18 Å². The summed E-state index contributed by atoms with van der Waals surface area (Å²) in [6, 6.07) is 6.22. The molecule has 1 aromatic rings. The second-order valence-electron chi connectivity index (χ2n) is 6.46. The first-order chi connectivity index (χ1) is 11.6. The average molecular weight is 334 g/mol. The Morgan fingerprint density at radius 3 is 2.92 bits per heavy atom. The van der Waals surface area contributed by atoms with Crippen LogP contribution in [0.15, 0.2) is 29.4 Å². The number of nitrogens with zero attached hydrogens (tertiary/aromatic N) is 1. The SMILES string of the molecule is CCOC(=O)[C@@]1(C[C@@H]2CC(c3ccc(F)cc3)=NO2)CCCNC1. The molecule has 1 N–H and O–H groups in total. The second-order valence-corrected chi connectivity index (χ2v) is 6.46. The van der Waals surface area contributed by atoms with Crippen LogP contribution >= 0.6 is 0 Å². The van der Waals surface area contributed by atoms with Crippen LogP contribution in [0, 0.1) is 11.2 Å². The van der Waals surface area contributed by atoms with Crippen molar-refractivity contribution in [3.63, 3.8) is 0 Å². The van der Waals surface area contributed by atoms with Crippen LogP contribution in [0.3, 0.4) is 0 Å². The molecule has 1 aromatic carbocycles. The first-order valence-electron chi connectivity index (χ1n) is 8.49. The number of rotatable bonds is 5. The first kappa shape index (κ1) is 16.9. The third-order valence-electron chi connectivity index (χ3n) is 4.71. The lowest BCUT2D eigenvalue weighted by Gasteiger charge is -2.36. The lowest BCUT2D eigenvalue weighted by molar-refractivity contribution is -0.159. The molecule has 0 radical (unpaired) electrons. The molecule has 1 saturated heterocycles. The molecule has 24 heavy (non-hydrogen) atoms. The number of oxime groups is 1. The average Bonchev–Trinajstić information content (AvgIpc) is 3.05. The minimum absolute atomic E-state index is 0.156. The molecule has 1 fully saturated rings. The molecular formula is C18H23FN2O3. The number of nitrogens with one attached hydrogen (secondary N) is 1. The van der Waals surface area contributed by atoms with E-state index in [-0.39, 0.29) is 17.9 Å². The third kappa shape index (κ3) is 3.59. The fourth-order valence-electron chi connectivity index (χ4n) is 3.47. The molecule has 5 nitrogen and oxygen atoms in total. The van der Waals surface area contributed by atoms with Gasteiger partial charge in [-0.2, -0.15) is 0 Å². The van der Waals surface area contributed by atoms with Gasteiger partial charge in [0.25, 0.3) is 0 Å². The van der Waals surface area contributed by atoms with Crippen molar-refractivity contribution in [2.24, 2.45) is 10.6 Å². The van der Waals surface area contributed by atoms with Crippen molar-refractivity contribution in [1.29, 1.82) is 0 Å². The minimum Gasteiger partial charge on any atom is -0.466 e. The number of carbonyl (C=O) groups is 1. The number of hydrogen-bond donors (Lipinski definition) is 1. The summed E-state index contributed by atoms with van der Waals surface area (Å²) < 4.78 is 18.3. The van der Waals surface area contributed by atoms with Gasteiger partial charge in [0, 0.05) is 19.4 Å². The van der Waals surface area contributed by atoms with Gasteiger partial charge in [-0.05, 0) is 44.0 Å². The summed E-state index contributed by atoms with van der Waals surface area (Å²) in [6.45, 7) is 3.73. The molecule has 3 rings (SSSR count). The van der Waals surface area contributed by atoms with Crippen LogP contribution in [0.1, 0.15) is 38.2 Å². The quantitative estimate of drug-likeness (QED) is 0.841. The number of carbonyl (C=O) groups excluding carboxylic acids is 1. The van der Waals surface area contributed by atoms with Crippen molar-refractivity contribution in [1.82, 2.24) is 5.32 Å². The lowest BCUT2D eigenvalue weighted by atomic mass is 9.75. The number of piperidine rings is 1. The largest absolute Gasteiger partial charge is 0.466 e. The van der Waals surface area contributed by atoms with Crippen molar-refractivity contribution in [2.75, 3.05) is 19.7 Å². The zero-order valence-electron chi connectivity index (χ0n) is 13.9. The van der Waals surface area contributed by atoms with Gasteiger partial charge in [-0.25, -0.2) is 4.39 Å². The Kier molecular flexibility index (Phi) is 5.14. The van der Waals surface area contributed by atoms with Gasteiger partial charge in [0.1, 0.15) is 11.9 Å². The van der Waals surface area contributed by atoms with Crippen molar-refractivity contribution in [2.45, 2.75) is 38.7 Å². The number of esters is 1. The normalized spacial score (nSPS) is 26.6. The summed E-state index contributed by atoms with van der Waals surface area (Å²) in [6.07, 6.45) is 2.77. The van der Waals surface area contributed by atoms with Gasteiger partial charge in [-0.1, -0.05) is 17.3 Å². The van der Waals surface area contributed by atoms with Crippen molar-refractivity contribution in [3.8, 4) is 0 Å². The van der Waals surface area contributed by atoms with E-state index in [2.05, 4.69) is 10.5 Å². The summed E-state index contributed by atoms with van der Waals surface area (Å²) in [5.41, 5.74) is 1.10. The van der Waals surface area contributed by atoms with Crippen LogP contribution in [0.25, 0.3) is 0 Å². The first-order valence-corrected chi connectivity index (χ1v) is 8.49. The summed E-state index contributed by atoms with van der Waals surface area (Å²) in [4.78, 5) is 18.1. The van der Waals surface area contributed by atoms with Gasteiger partial charge in [-0.15, -0.1) is 0 Å².